The van der Waals surface area contributed by atoms with Crippen LogP contribution in [0.5, 0.6) is 0 Å². The van der Waals surface area contributed by atoms with Crippen molar-refractivity contribution >= 4 is 5.95 Å². The molecule has 1 atom stereocenters. The van der Waals surface area contributed by atoms with Gasteiger partial charge in [0, 0.05) is 18.8 Å². The zero-order chi connectivity index (χ0) is 15.4. The zero-order valence-electron chi connectivity index (χ0n) is 12.5. The number of nitriles is 1. The second-order valence-electron chi connectivity index (χ2n) is 5.40. The highest BCUT2D eigenvalue weighted by atomic mass is 16.5. The fourth-order valence-corrected chi connectivity index (χ4v) is 2.59. The van der Waals surface area contributed by atoms with Gasteiger partial charge in [-0.25, -0.2) is 9.97 Å². The lowest BCUT2D eigenvalue weighted by Gasteiger charge is -2.24. The lowest BCUT2D eigenvalue weighted by Crippen LogP contribution is -2.33. The maximum absolute atomic E-state index is 9.11. The summed E-state index contributed by atoms with van der Waals surface area (Å²) in [5, 5.41) is 9.11. The van der Waals surface area contributed by atoms with E-state index < -0.39 is 0 Å². The van der Waals surface area contributed by atoms with E-state index in [1.165, 1.54) is 0 Å². The molecule has 0 unspecified atom stereocenters. The van der Waals surface area contributed by atoms with Crippen molar-refractivity contribution in [1.29, 1.82) is 5.26 Å². The van der Waals surface area contributed by atoms with Gasteiger partial charge in [0.1, 0.15) is 17.5 Å². The Hall–Kier alpha value is -2.39. The molecule has 2 aromatic rings. The van der Waals surface area contributed by atoms with Crippen LogP contribution in [0.15, 0.2) is 28.9 Å². The molecule has 1 aliphatic heterocycles. The third kappa shape index (κ3) is 3.43. The van der Waals surface area contributed by atoms with E-state index in [4.69, 9.17) is 14.4 Å². The molecule has 0 bridgehead atoms. The Bertz CT molecular complexity index is 657. The highest BCUT2D eigenvalue weighted by molar-refractivity contribution is 5.36. The van der Waals surface area contributed by atoms with E-state index in [1.807, 2.05) is 24.0 Å². The summed E-state index contributed by atoms with van der Waals surface area (Å²) in [5.74, 6) is 1.38. The first-order chi connectivity index (χ1) is 10.7. The summed E-state index contributed by atoms with van der Waals surface area (Å²) in [6.45, 7) is 3.91. The van der Waals surface area contributed by atoms with Crippen LogP contribution < -0.4 is 4.90 Å². The smallest absolute Gasteiger partial charge is 0.227 e. The first-order valence-electron chi connectivity index (χ1n) is 7.39. The van der Waals surface area contributed by atoms with Crippen LogP contribution in [0.25, 0.3) is 0 Å². The third-order valence-electron chi connectivity index (χ3n) is 3.61. The molecule has 0 aliphatic carbocycles. The van der Waals surface area contributed by atoms with Gasteiger partial charge in [0.25, 0.3) is 0 Å². The van der Waals surface area contributed by atoms with Gasteiger partial charge < -0.3 is 14.1 Å². The molecule has 3 heterocycles. The van der Waals surface area contributed by atoms with Gasteiger partial charge in [0.05, 0.1) is 18.9 Å². The topological polar surface area (TPSA) is 75.2 Å². The Kier molecular flexibility index (Phi) is 4.35. The average molecular weight is 298 g/mol. The molecule has 0 saturated carbocycles. The second kappa shape index (κ2) is 6.58. The summed E-state index contributed by atoms with van der Waals surface area (Å²) in [6, 6.07) is 7.54. The summed E-state index contributed by atoms with van der Waals surface area (Å²) in [4.78, 5) is 10.8. The van der Waals surface area contributed by atoms with Gasteiger partial charge in [-0.15, -0.1) is 0 Å². The van der Waals surface area contributed by atoms with Crippen molar-refractivity contribution in [3.63, 3.8) is 0 Å². The van der Waals surface area contributed by atoms with E-state index in [1.54, 1.807) is 12.3 Å². The summed E-state index contributed by atoms with van der Waals surface area (Å²) in [6.07, 6.45) is 3.94. The van der Waals surface area contributed by atoms with Crippen molar-refractivity contribution in [2.45, 2.75) is 32.4 Å². The summed E-state index contributed by atoms with van der Waals surface area (Å²) in [7, 11) is 0. The molecule has 2 aromatic heterocycles. The number of hydrogen-bond donors (Lipinski definition) is 0. The van der Waals surface area contributed by atoms with Gasteiger partial charge in [0.15, 0.2) is 0 Å². The molecular formula is C16H18N4O2. The number of aromatic nitrogens is 2. The summed E-state index contributed by atoms with van der Waals surface area (Å²) < 4.78 is 11.2. The molecule has 22 heavy (non-hydrogen) atoms. The Morgan fingerprint density at radius 3 is 3.05 bits per heavy atom. The van der Waals surface area contributed by atoms with Crippen LogP contribution in [0.1, 0.15) is 30.0 Å². The van der Waals surface area contributed by atoms with Crippen molar-refractivity contribution in [3.8, 4) is 6.07 Å². The SMILES string of the molecule is Cc1cc(C#N)nc(N(Cc2ccco2)C[C@@H]2CCCO2)n1. The third-order valence-corrected chi connectivity index (χ3v) is 3.61. The Balaban J connectivity index is 1.86. The largest absolute Gasteiger partial charge is 0.467 e. The van der Waals surface area contributed by atoms with E-state index in [9.17, 15) is 0 Å². The van der Waals surface area contributed by atoms with Crippen molar-refractivity contribution in [1.82, 2.24) is 9.97 Å². The fourth-order valence-electron chi connectivity index (χ4n) is 2.59. The molecule has 3 rings (SSSR count). The number of rotatable bonds is 5. The molecule has 1 aliphatic rings. The molecule has 114 valence electrons. The van der Waals surface area contributed by atoms with Crippen molar-refractivity contribution < 1.29 is 9.15 Å². The van der Waals surface area contributed by atoms with E-state index in [0.717, 1.165) is 30.9 Å². The van der Waals surface area contributed by atoms with Crippen LogP contribution >= 0.6 is 0 Å². The minimum absolute atomic E-state index is 0.171. The monoisotopic (exact) mass is 298 g/mol. The number of nitrogens with zero attached hydrogens (tertiary/aromatic N) is 4. The maximum Gasteiger partial charge on any atom is 0.227 e. The first kappa shape index (κ1) is 14.5. The van der Waals surface area contributed by atoms with Crippen LogP contribution in [-0.4, -0.2) is 29.2 Å². The van der Waals surface area contributed by atoms with Crippen LogP contribution in [-0.2, 0) is 11.3 Å². The molecular weight excluding hydrogens is 280 g/mol. The molecule has 0 aromatic carbocycles. The zero-order valence-corrected chi connectivity index (χ0v) is 12.5. The number of anilines is 1. The minimum Gasteiger partial charge on any atom is -0.467 e. The fraction of sp³-hybridized carbons (Fsp3) is 0.438. The van der Waals surface area contributed by atoms with Crippen LogP contribution in [0.2, 0.25) is 0 Å². The lowest BCUT2D eigenvalue weighted by molar-refractivity contribution is 0.114. The standard InChI is InChI=1S/C16H18N4O2/c1-12-8-13(9-17)19-16(18-12)20(10-14-4-2-6-21-14)11-15-5-3-7-22-15/h2,4,6,8,15H,3,5,7,10-11H2,1H3/t15-/m0/s1. The highest BCUT2D eigenvalue weighted by Crippen LogP contribution is 2.19. The maximum atomic E-state index is 9.11. The van der Waals surface area contributed by atoms with E-state index in [-0.39, 0.29) is 6.10 Å². The van der Waals surface area contributed by atoms with Crippen LogP contribution in [0.3, 0.4) is 0 Å². The Morgan fingerprint density at radius 1 is 1.45 bits per heavy atom. The number of furan rings is 1. The van der Waals surface area contributed by atoms with Gasteiger partial charge in [-0.2, -0.15) is 5.26 Å². The minimum atomic E-state index is 0.171. The molecule has 6 nitrogen and oxygen atoms in total. The molecule has 0 radical (unpaired) electrons. The van der Waals surface area contributed by atoms with Gasteiger partial charge in [-0.3, -0.25) is 0 Å². The molecule has 1 fully saturated rings. The normalized spacial score (nSPS) is 17.4. The van der Waals surface area contributed by atoms with Crippen molar-refractivity contribution in [2.24, 2.45) is 0 Å². The first-order valence-corrected chi connectivity index (χ1v) is 7.39. The predicted molar refractivity (Wildman–Crippen MR) is 80.2 cm³/mol. The van der Waals surface area contributed by atoms with Gasteiger partial charge in [0.2, 0.25) is 5.95 Å². The molecule has 6 heteroatoms. The lowest BCUT2D eigenvalue weighted by atomic mass is 10.2. The van der Waals surface area contributed by atoms with Gasteiger partial charge in [-0.1, -0.05) is 0 Å². The second-order valence-corrected chi connectivity index (χ2v) is 5.40. The quantitative estimate of drug-likeness (QED) is 0.844. The molecule has 0 amide bonds. The summed E-state index contributed by atoms with van der Waals surface area (Å²) >= 11 is 0. The van der Waals surface area contributed by atoms with Crippen LogP contribution in [0, 0.1) is 18.3 Å². The predicted octanol–water partition coefficient (Wildman–Crippen LogP) is 2.44. The molecule has 0 spiro atoms. The number of ether oxygens (including phenoxy) is 1. The molecule has 0 N–H and O–H groups in total. The van der Waals surface area contributed by atoms with Gasteiger partial charge in [-0.05, 0) is 38.0 Å². The van der Waals surface area contributed by atoms with E-state index in [0.29, 0.717) is 24.7 Å². The van der Waals surface area contributed by atoms with E-state index >= 15 is 0 Å². The van der Waals surface area contributed by atoms with Crippen molar-refractivity contribution in [3.05, 3.63) is 41.6 Å². The van der Waals surface area contributed by atoms with Crippen LogP contribution in [0.4, 0.5) is 5.95 Å². The number of hydrogen-bond acceptors (Lipinski definition) is 6. The van der Waals surface area contributed by atoms with E-state index in [2.05, 4.69) is 16.0 Å². The van der Waals surface area contributed by atoms with Crippen molar-refractivity contribution in [2.75, 3.05) is 18.1 Å². The molecule has 1 saturated heterocycles. The average Bonchev–Trinajstić information content (AvgIpc) is 3.19. The Labute approximate surface area is 129 Å². The Morgan fingerprint density at radius 2 is 2.36 bits per heavy atom. The number of aryl methyl sites for hydroxylation is 1. The van der Waals surface area contributed by atoms with Gasteiger partial charge >= 0.3 is 0 Å². The summed E-state index contributed by atoms with van der Waals surface area (Å²) in [5.41, 5.74) is 1.15. The highest BCUT2D eigenvalue weighted by Gasteiger charge is 2.22.